The number of nitrogens with one attached hydrogen (secondary N) is 2. The van der Waals surface area contributed by atoms with Crippen molar-refractivity contribution in [1.29, 1.82) is 0 Å². The zero-order valence-corrected chi connectivity index (χ0v) is 11.8. The fourth-order valence-corrected chi connectivity index (χ4v) is 1.99. The monoisotopic (exact) mass is 274 g/mol. The van der Waals surface area contributed by atoms with Crippen molar-refractivity contribution in [3.05, 3.63) is 35.8 Å². The Labute approximate surface area is 117 Å². The van der Waals surface area contributed by atoms with E-state index in [2.05, 4.69) is 15.8 Å². The van der Waals surface area contributed by atoms with Gasteiger partial charge in [-0.05, 0) is 25.0 Å². The van der Waals surface area contributed by atoms with Gasteiger partial charge in [0.15, 0.2) is 0 Å². The topological polar surface area (TPSA) is 75.5 Å². The van der Waals surface area contributed by atoms with Crippen LogP contribution in [0, 0.1) is 12.8 Å². The second-order valence-corrected chi connectivity index (χ2v) is 5.07. The molecule has 106 valence electrons. The second kappa shape index (κ2) is 5.73. The summed E-state index contributed by atoms with van der Waals surface area (Å²) in [4.78, 5) is 28.0. The standard InChI is InChI=1S/C14H18N4O2/c1-9(2)8-12(19)16-17-14(20)13-10(3)15-11-6-4-5-7-18(11)13/h4-7,9H,8H2,1-3H3,(H,16,19)(H,17,20). The number of nitrogens with zero attached hydrogens (tertiary/aromatic N) is 2. The maximum Gasteiger partial charge on any atom is 0.288 e. The Bertz CT molecular complexity index is 646. The number of fused-ring (bicyclic) bond motifs is 1. The van der Waals surface area contributed by atoms with Crippen LogP contribution in [0.15, 0.2) is 24.4 Å². The van der Waals surface area contributed by atoms with E-state index in [1.54, 1.807) is 17.5 Å². The molecule has 0 bridgehead atoms. The van der Waals surface area contributed by atoms with E-state index in [4.69, 9.17) is 0 Å². The number of amides is 2. The molecule has 20 heavy (non-hydrogen) atoms. The highest BCUT2D eigenvalue weighted by molar-refractivity contribution is 5.95. The minimum absolute atomic E-state index is 0.208. The Hall–Kier alpha value is -2.37. The number of hydrazine groups is 1. The maximum atomic E-state index is 12.1. The lowest BCUT2D eigenvalue weighted by Gasteiger charge is -2.09. The molecule has 0 fully saturated rings. The van der Waals surface area contributed by atoms with Crippen LogP contribution < -0.4 is 10.9 Å². The Balaban J connectivity index is 2.12. The van der Waals surface area contributed by atoms with E-state index < -0.39 is 0 Å². The van der Waals surface area contributed by atoms with Crippen molar-refractivity contribution >= 4 is 17.5 Å². The summed E-state index contributed by atoms with van der Waals surface area (Å²) < 4.78 is 1.69. The molecule has 0 radical (unpaired) electrons. The van der Waals surface area contributed by atoms with Gasteiger partial charge in [-0.1, -0.05) is 19.9 Å². The van der Waals surface area contributed by atoms with Crippen molar-refractivity contribution < 1.29 is 9.59 Å². The largest absolute Gasteiger partial charge is 0.295 e. The minimum Gasteiger partial charge on any atom is -0.295 e. The quantitative estimate of drug-likeness (QED) is 0.832. The molecule has 0 spiro atoms. The lowest BCUT2D eigenvalue weighted by Crippen LogP contribution is -2.42. The summed E-state index contributed by atoms with van der Waals surface area (Å²) in [6, 6.07) is 5.50. The average molecular weight is 274 g/mol. The molecule has 0 aliphatic carbocycles. The maximum absolute atomic E-state index is 12.1. The van der Waals surface area contributed by atoms with Crippen molar-refractivity contribution in [2.75, 3.05) is 0 Å². The SMILES string of the molecule is Cc1nc2ccccn2c1C(=O)NNC(=O)CC(C)C. The number of imidazole rings is 1. The molecule has 6 nitrogen and oxygen atoms in total. The molecule has 0 aliphatic rings. The van der Waals surface area contributed by atoms with Crippen LogP contribution in [-0.4, -0.2) is 21.2 Å². The molecule has 6 heteroatoms. The molecule has 2 aromatic rings. The Morgan fingerprint density at radius 3 is 2.75 bits per heavy atom. The third-order valence-electron chi connectivity index (χ3n) is 2.83. The van der Waals surface area contributed by atoms with Gasteiger partial charge in [-0.15, -0.1) is 0 Å². The zero-order chi connectivity index (χ0) is 14.7. The highest BCUT2D eigenvalue weighted by Gasteiger charge is 2.16. The first-order valence-electron chi connectivity index (χ1n) is 6.52. The summed E-state index contributed by atoms with van der Waals surface area (Å²) in [5, 5.41) is 0. The Kier molecular flexibility index (Phi) is 4.02. The van der Waals surface area contributed by atoms with Gasteiger partial charge in [-0.2, -0.15) is 0 Å². The first-order chi connectivity index (χ1) is 9.49. The van der Waals surface area contributed by atoms with Gasteiger partial charge in [-0.3, -0.25) is 24.8 Å². The lowest BCUT2D eigenvalue weighted by atomic mass is 10.1. The molecule has 0 unspecified atom stereocenters. The van der Waals surface area contributed by atoms with E-state index in [1.165, 1.54) is 0 Å². The van der Waals surface area contributed by atoms with Gasteiger partial charge < -0.3 is 0 Å². The van der Waals surface area contributed by atoms with Crippen molar-refractivity contribution in [3.8, 4) is 0 Å². The van der Waals surface area contributed by atoms with Gasteiger partial charge in [-0.25, -0.2) is 4.98 Å². The van der Waals surface area contributed by atoms with E-state index in [-0.39, 0.29) is 17.7 Å². The molecule has 2 N–H and O–H groups in total. The first-order valence-corrected chi connectivity index (χ1v) is 6.52. The summed E-state index contributed by atoms with van der Waals surface area (Å²) >= 11 is 0. The smallest absolute Gasteiger partial charge is 0.288 e. The van der Waals surface area contributed by atoms with Crippen molar-refractivity contribution in [2.45, 2.75) is 27.2 Å². The van der Waals surface area contributed by atoms with Gasteiger partial charge in [0.25, 0.3) is 5.91 Å². The number of aromatic nitrogens is 2. The number of hydrogen-bond donors (Lipinski definition) is 2. The molecule has 2 heterocycles. The Morgan fingerprint density at radius 1 is 1.30 bits per heavy atom. The number of carbonyl (C=O) groups excluding carboxylic acids is 2. The van der Waals surface area contributed by atoms with Crippen molar-refractivity contribution in [3.63, 3.8) is 0 Å². The van der Waals surface area contributed by atoms with E-state index in [0.29, 0.717) is 23.5 Å². The molecule has 0 aromatic carbocycles. The molecule has 0 saturated carbocycles. The lowest BCUT2D eigenvalue weighted by molar-refractivity contribution is -0.122. The van der Waals surface area contributed by atoms with Gasteiger partial charge in [0, 0.05) is 12.6 Å². The normalized spacial score (nSPS) is 10.8. The third-order valence-corrected chi connectivity index (χ3v) is 2.83. The van der Waals surface area contributed by atoms with E-state index in [0.717, 1.165) is 0 Å². The number of pyridine rings is 1. The van der Waals surface area contributed by atoms with Crippen LogP contribution in [0.5, 0.6) is 0 Å². The zero-order valence-electron chi connectivity index (χ0n) is 11.8. The van der Waals surface area contributed by atoms with Gasteiger partial charge in [0.1, 0.15) is 11.3 Å². The van der Waals surface area contributed by atoms with Gasteiger partial charge in [0.2, 0.25) is 5.91 Å². The van der Waals surface area contributed by atoms with E-state index >= 15 is 0 Å². The van der Waals surface area contributed by atoms with Crippen LogP contribution in [0.25, 0.3) is 5.65 Å². The Morgan fingerprint density at radius 2 is 2.05 bits per heavy atom. The third kappa shape index (κ3) is 2.96. The van der Waals surface area contributed by atoms with Crippen LogP contribution >= 0.6 is 0 Å². The highest BCUT2D eigenvalue weighted by Crippen LogP contribution is 2.11. The summed E-state index contributed by atoms with van der Waals surface area (Å²) in [6.45, 7) is 5.64. The van der Waals surface area contributed by atoms with Crippen LogP contribution in [0.3, 0.4) is 0 Å². The minimum atomic E-state index is -0.377. The molecule has 2 aromatic heterocycles. The molecular weight excluding hydrogens is 256 g/mol. The highest BCUT2D eigenvalue weighted by atomic mass is 16.2. The molecule has 2 rings (SSSR count). The number of hydrogen-bond acceptors (Lipinski definition) is 3. The number of rotatable bonds is 3. The molecule has 0 atom stereocenters. The molecule has 0 saturated heterocycles. The fourth-order valence-electron chi connectivity index (χ4n) is 1.99. The second-order valence-electron chi connectivity index (χ2n) is 5.07. The van der Waals surface area contributed by atoms with Crippen LogP contribution in [0.1, 0.15) is 36.5 Å². The molecule has 2 amide bonds. The fraction of sp³-hybridized carbons (Fsp3) is 0.357. The van der Waals surface area contributed by atoms with Crippen LogP contribution in [0.2, 0.25) is 0 Å². The summed E-state index contributed by atoms with van der Waals surface area (Å²) in [7, 11) is 0. The first kappa shape index (κ1) is 14.0. The summed E-state index contributed by atoms with van der Waals surface area (Å²) in [5.41, 5.74) is 6.58. The average Bonchev–Trinajstić information content (AvgIpc) is 2.71. The van der Waals surface area contributed by atoms with Crippen molar-refractivity contribution in [2.24, 2.45) is 5.92 Å². The van der Waals surface area contributed by atoms with Crippen LogP contribution in [-0.2, 0) is 4.79 Å². The van der Waals surface area contributed by atoms with Crippen LogP contribution in [0.4, 0.5) is 0 Å². The van der Waals surface area contributed by atoms with Gasteiger partial charge >= 0.3 is 0 Å². The summed E-state index contributed by atoms with van der Waals surface area (Å²) in [6.07, 6.45) is 2.13. The van der Waals surface area contributed by atoms with E-state index in [1.807, 2.05) is 32.0 Å². The van der Waals surface area contributed by atoms with E-state index in [9.17, 15) is 9.59 Å². The molecule has 0 aliphatic heterocycles. The van der Waals surface area contributed by atoms with Crippen molar-refractivity contribution in [1.82, 2.24) is 20.2 Å². The predicted molar refractivity (Wildman–Crippen MR) is 75.0 cm³/mol. The number of carbonyl (C=O) groups is 2. The van der Waals surface area contributed by atoms with Gasteiger partial charge in [0.05, 0.1) is 5.69 Å². The number of aryl methyl sites for hydroxylation is 1. The molecular formula is C14H18N4O2. The predicted octanol–water partition coefficient (Wildman–Crippen LogP) is 1.45. The summed E-state index contributed by atoms with van der Waals surface area (Å²) in [5.74, 6) is -0.345.